The summed E-state index contributed by atoms with van der Waals surface area (Å²) in [6, 6.07) is 38.4. The van der Waals surface area contributed by atoms with Crippen LogP contribution in [-0.2, 0) is 26.2 Å². The van der Waals surface area contributed by atoms with Gasteiger partial charge >= 0.3 is 0 Å². The van der Waals surface area contributed by atoms with E-state index in [1.807, 2.05) is 109 Å². The van der Waals surface area contributed by atoms with Gasteiger partial charge in [0, 0.05) is 24.1 Å². The zero-order valence-corrected chi connectivity index (χ0v) is 23.1. The van der Waals surface area contributed by atoms with Crippen LogP contribution in [0.1, 0.15) is 33.9 Å². The quantitative estimate of drug-likeness (QED) is 0.189. The molecule has 0 bridgehead atoms. The van der Waals surface area contributed by atoms with Gasteiger partial charge < -0.3 is 29.2 Å². The van der Waals surface area contributed by atoms with E-state index in [4.69, 9.17) is 18.9 Å². The number of aliphatic hydroxyl groups is 1. The molecule has 0 amide bonds. The number of benzene rings is 5. The molecule has 42 heavy (non-hydrogen) atoms. The maximum atomic E-state index is 11.2. The summed E-state index contributed by atoms with van der Waals surface area (Å²) < 4.78 is 24.6. The van der Waals surface area contributed by atoms with Crippen molar-refractivity contribution in [3.63, 3.8) is 0 Å². The first kappa shape index (κ1) is 27.2. The largest absolute Gasteiger partial charge is 0.504 e. The van der Waals surface area contributed by atoms with Crippen molar-refractivity contribution in [1.29, 1.82) is 0 Å². The van der Waals surface area contributed by atoms with E-state index < -0.39 is 12.2 Å². The zero-order valence-electron chi connectivity index (χ0n) is 23.1. The standard InChI is InChI=1S/C36H32O6/c37-31-18-28(16-17-33(31)40-23-26-12-6-2-7-13-26)36-32(38)21-30-34(41-24-27-14-8-3-9-15-27)19-29(20-35(30)42-36)39-22-25-10-4-1-5-11-25/h1-20,32,36-38H,21-24H2/t32-,36+/m0/s1. The molecule has 0 unspecified atom stereocenters. The van der Waals surface area contributed by atoms with Gasteiger partial charge in [0.1, 0.15) is 43.2 Å². The monoisotopic (exact) mass is 560 g/mol. The van der Waals surface area contributed by atoms with Crippen LogP contribution in [0.5, 0.6) is 28.7 Å². The fraction of sp³-hybridized carbons (Fsp3) is 0.167. The Balaban J connectivity index is 1.23. The van der Waals surface area contributed by atoms with Crippen LogP contribution in [0.15, 0.2) is 121 Å². The Morgan fingerprint density at radius 1 is 0.619 bits per heavy atom. The van der Waals surface area contributed by atoms with E-state index in [9.17, 15) is 10.2 Å². The van der Waals surface area contributed by atoms with Gasteiger partial charge in [-0.15, -0.1) is 0 Å². The Hall–Kier alpha value is -4.94. The van der Waals surface area contributed by atoms with Gasteiger partial charge in [-0.1, -0.05) is 97.1 Å². The summed E-state index contributed by atoms with van der Waals surface area (Å²) in [5.74, 6) is 2.12. The number of aromatic hydroxyl groups is 1. The lowest BCUT2D eigenvalue weighted by molar-refractivity contribution is 0.0193. The van der Waals surface area contributed by atoms with Gasteiger partial charge in [0.15, 0.2) is 11.5 Å². The Bertz CT molecular complexity index is 1610. The first-order valence-electron chi connectivity index (χ1n) is 14.0. The van der Waals surface area contributed by atoms with Crippen molar-refractivity contribution in [2.45, 2.75) is 38.4 Å². The van der Waals surface area contributed by atoms with Gasteiger partial charge in [0.25, 0.3) is 0 Å². The molecular weight excluding hydrogens is 528 g/mol. The zero-order chi connectivity index (χ0) is 28.7. The third kappa shape index (κ3) is 6.51. The molecule has 2 N–H and O–H groups in total. The fourth-order valence-electron chi connectivity index (χ4n) is 4.98. The van der Waals surface area contributed by atoms with Gasteiger partial charge in [-0.2, -0.15) is 0 Å². The highest BCUT2D eigenvalue weighted by Gasteiger charge is 2.33. The minimum atomic E-state index is -0.858. The third-order valence-electron chi connectivity index (χ3n) is 7.19. The minimum absolute atomic E-state index is 0.0168. The number of ether oxygens (including phenoxy) is 4. The van der Waals surface area contributed by atoms with E-state index in [1.54, 1.807) is 12.1 Å². The van der Waals surface area contributed by atoms with E-state index in [0.717, 1.165) is 22.3 Å². The SMILES string of the molecule is Oc1cc([C@H]2Oc3cc(OCc4ccccc4)cc(OCc4ccccc4)c3C[C@@H]2O)ccc1OCc1ccccc1. The van der Waals surface area contributed by atoms with Crippen molar-refractivity contribution in [2.24, 2.45) is 0 Å². The second-order valence-electron chi connectivity index (χ2n) is 10.3. The van der Waals surface area contributed by atoms with Crippen molar-refractivity contribution < 1.29 is 29.2 Å². The highest BCUT2D eigenvalue weighted by Crippen LogP contribution is 2.44. The van der Waals surface area contributed by atoms with Gasteiger partial charge in [-0.05, 0) is 34.4 Å². The molecular formula is C36H32O6. The molecule has 5 aromatic carbocycles. The smallest absolute Gasteiger partial charge is 0.161 e. The van der Waals surface area contributed by atoms with Crippen LogP contribution in [0.3, 0.4) is 0 Å². The molecule has 1 aliphatic rings. The second-order valence-corrected chi connectivity index (χ2v) is 10.3. The number of hydrogen-bond acceptors (Lipinski definition) is 6. The fourth-order valence-corrected chi connectivity index (χ4v) is 4.98. The van der Waals surface area contributed by atoms with E-state index in [-0.39, 0.29) is 5.75 Å². The first-order valence-corrected chi connectivity index (χ1v) is 14.0. The maximum absolute atomic E-state index is 11.2. The number of phenolic OH excluding ortho intramolecular Hbond substituents is 1. The van der Waals surface area contributed by atoms with E-state index in [1.165, 1.54) is 0 Å². The van der Waals surface area contributed by atoms with Crippen LogP contribution in [-0.4, -0.2) is 16.3 Å². The molecule has 1 heterocycles. The van der Waals surface area contributed by atoms with Gasteiger partial charge in [-0.25, -0.2) is 0 Å². The topological polar surface area (TPSA) is 77.4 Å². The summed E-state index contributed by atoms with van der Waals surface area (Å²) in [6.45, 7) is 1.09. The lowest BCUT2D eigenvalue weighted by atomic mass is 9.93. The minimum Gasteiger partial charge on any atom is -0.504 e. The van der Waals surface area contributed by atoms with Gasteiger partial charge in [-0.3, -0.25) is 0 Å². The molecule has 0 fully saturated rings. The van der Waals surface area contributed by atoms with E-state index in [2.05, 4.69) is 0 Å². The molecule has 1 aliphatic heterocycles. The van der Waals surface area contributed by atoms with Crippen LogP contribution in [0.25, 0.3) is 0 Å². The molecule has 0 aliphatic carbocycles. The van der Waals surface area contributed by atoms with Crippen LogP contribution in [0.2, 0.25) is 0 Å². The Morgan fingerprint density at radius 2 is 1.17 bits per heavy atom. The molecule has 0 radical (unpaired) electrons. The van der Waals surface area contributed by atoms with E-state index >= 15 is 0 Å². The average Bonchev–Trinajstić information content (AvgIpc) is 3.03. The summed E-state index contributed by atoms with van der Waals surface area (Å²) in [5, 5.41) is 21.9. The predicted molar refractivity (Wildman–Crippen MR) is 160 cm³/mol. The summed E-state index contributed by atoms with van der Waals surface area (Å²) >= 11 is 0. The van der Waals surface area contributed by atoms with E-state index in [0.29, 0.717) is 54.8 Å². The molecule has 0 spiro atoms. The first-order chi connectivity index (χ1) is 20.6. The van der Waals surface area contributed by atoms with Crippen molar-refractivity contribution in [3.05, 3.63) is 149 Å². The van der Waals surface area contributed by atoms with Gasteiger partial charge in [0.2, 0.25) is 0 Å². The number of phenols is 1. The molecule has 0 saturated heterocycles. The van der Waals surface area contributed by atoms with Crippen LogP contribution in [0, 0.1) is 0 Å². The van der Waals surface area contributed by atoms with Crippen molar-refractivity contribution in [1.82, 2.24) is 0 Å². The molecule has 0 saturated carbocycles. The highest BCUT2D eigenvalue weighted by atomic mass is 16.5. The Morgan fingerprint density at radius 3 is 1.74 bits per heavy atom. The molecule has 5 aromatic rings. The van der Waals surface area contributed by atoms with Crippen molar-refractivity contribution in [3.8, 4) is 28.7 Å². The van der Waals surface area contributed by atoms with Crippen LogP contribution >= 0.6 is 0 Å². The Labute approximate surface area is 245 Å². The lowest BCUT2D eigenvalue weighted by Gasteiger charge is -2.32. The van der Waals surface area contributed by atoms with Crippen LogP contribution in [0.4, 0.5) is 0 Å². The lowest BCUT2D eigenvalue weighted by Crippen LogP contribution is -2.30. The molecule has 2 atom stereocenters. The third-order valence-corrected chi connectivity index (χ3v) is 7.19. The predicted octanol–water partition coefficient (Wildman–Crippen LogP) is 7.17. The molecule has 212 valence electrons. The Kier molecular flexibility index (Phi) is 8.24. The molecule has 6 nitrogen and oxygen atoms in total. The highest BCUT2D eigenvalue weighted by molar-refractivity contribution is 5.53. The average molecular weight is 561 g/mol. The summed E-state index contributed by atoms with van der Waals surface area (Å²) in [4.78, 5) is 0. The number of hydrogen-bond donors (Lipinski definition) is 2. The summed E-state index contributed by atoms with van der Waals surface area (Å²) in [7, 11) is 0. The number of fused-ring (bicyclic) bond motifs is 1. The number of rotatable bonds is 10. The van der Waals surface area contributed by atoms with Crippen molar-refractivity contribution in [2.75, 3.05) is 0 Å². The van der Waals surface area contributed by atoms with Crippen LogP contribution < -0.4 is 18.9 Å². The summed E-state index contributed by atoms with van der Waals surface area (Å²) in [6.07, 6.45) is -1.24. The van der Waals surface area contributed by atoms with Gasteiger partial charge in [0.05, 0.1) is 6.10 Å². The molecule has 6 rings (SSSR count). The molecule has 0 aromatic heterocycles. The second kappa shape index (κ2) is 12.7. The maximum Gasteiger partial charge on any atom is 0.161 e. The number of aliphatic hydroxyl groups excluding tert-OH is 1. The normalized spacial score (nSPS) is 15.7. The molecule has 6 heteroatoms. The summed E-state index contributed by atoms with van der Waals surface area (Å²) in [5.41, 5.74) is 4.48. The van der Waals surface area contributed by atoms with Crippen molar-refractivity contribution >= 4 is 0 Å².